The molecular formula is C10H16N4. The largest absolute Gasteiger partial charge is 0.362 e. The molecule has 0 radical (unpaired) electrons. The lowest BCUT2D eigenvalue weighted by atomic mass is 10.0. The van der Waals surface area contributed by atoms with Crippen LogP contribution in [0.15, 0.2) is 12.3 Å². The summed E-state index contributed by atoms with van der Waals surface area (Å²) in [4.78, 5) is 0. The van der Waals surface area contributed by atoms with E-state index >= 15 is 0 Å². The van der Waals surface area contributed by atoms with Gasteiger partial charge < -0.3 is 10.6 Å². The first-order valence-corrected chi connectivity index (χ1v) is 4.96. The van der Waals surface area contributed by atoms with Crippen LogP contribution in [0, 0.1) is 6.92 Å². The van der Waals surface area contributed by atoms with E-state index in [1.807, 2.05) is 13.0 Å². The molecule has 0 aliphatic carbocycles. The van der Waals surface area contributed by atoms with E-state index in [-0.39, 0.29) is 5.54 Å². The van der Waals surface area contributed by atoms with Gasteiger partial charge in [0.1, 0.15) is 5.82 Å². The molecule has 1 fully saturated rings. The van der Waals surface area contributed by atoms with E-state index in [2.05, 4.69) is 27.8 Å². The van der Waals surface area contributed by atoms with Crippen molar-refractivity contribution < 1.29 is 0 Å². The van der Waals surface area contributed by atoms with Crippen LogP contribution < -0.4 is 10.6 Å². The maximum absolute atomic E-state index is 4.06. The summed E-state index contributed by atoms with van der Waals surface area (Å²) < 4.78 is 0. The van der Waals surface area contributed by atoms with Gasteiger partial charge in [0.15, 0.2) is 0 Å². The highest BCUT2D eigenvalue weighted by molar-refractivity contribution is 5.38. The summed E-state index contributed by atoms with van der Waals surface area (Å²) in [6.07, 6.45) is 2.89. The molecule has 1 saturated heterocycles. The summed E-state index contributed by atoms with van der Waals surface area (Å²) in [6.45, 7) is 6.29. The standard InChI is InChI=1S/C10H16N4/c1-8-5-9(14-12-6-8)13-10(2)3-4-11-7-10/h5-6,11H,3-4,7H2,1-2H3,(H,13,14). The van der Waals surface area contributed by atoms with E-state index in [1.165, 1.54) is 0 Å². The first-order valence-electron chi connectivity index (χ1n) is 4.96. The van der Waals surface area contributed by atoms with Crippen molar-refractivity contribution in [2.75, 3.05) is 18.4 Å². The van der Waals surface area contributed by atoms with Gasteiger partial charge in [0, 0.05) is 12.1 Å². The smallest absolute Gasteiger partial charge is 0.149 e. The third-order valence-electron chi connectivity index (χ3n) is 2.59. The van der Waals surface area contributed by atoms with Crippen molar-refractivity contribution in [2.45, 2.75) is 25.8 Å². The number of aromatic nitrogens is 2. The third-order valence-corrected chi connectivity index (χ3v) is 2.59. The summed E-state index contributed by atoms with van der Waals surface area (Å²) >= 11 is 0. The lowest BCUT2D eigenvalue weighted by Crippen LogP contribution is -2.37. The molecule has 0 aromatic carbocycles. The first kappa shape index (κ1) is 9.40. The maximum Gasteiger partial charge on any atom is 0.149 e. The van der Waals surface area contributed by atoms with Crippen molar-refractivity contribution >= 4 is 5.82 Å². The highest BCUT2D eigenvalue weighted by Crippen LogP contribution is 2.19. The molecule has 1 aromatic rings. The minimum atomic E-state index is 0.127. The van der Waals surface area contributed by atoms with Gasteiger partial charge in [-0.15, -0.1) is 5.10 Å². The number of rotatable bonds is 2. The normalized spacial score (nSPS) is 26.4. The highest BCUT2D eigenvalue weighted by Gasteiger charge is 2.28. The Morgan fingerprint density at radius 3 is 3.07 bits per heavy atom. The topological polar surface area (TPSA) is 49.8 Å². The predicted octanol–water partition coefficient (Wildman–Crippen LogP) is 0.949. The van der Waals surface area contributed by atoms with Crippen LogP contribution in [0.25, 0.3) is 0 Å². The van der Waals surface area contributed by atoms with Crippen LogP contribution in [0.5, 0.6) is 0 Å². The molecule has 2 heterocycles. The van der Waals surface area contributed by atoms with Crippen LogP contribution in [0.3, 0.4) is 0 Å². The lowest BCUT2D eigenvalue weighted by molar-refractivity contribution is 0.563. The Labute approximate surface area is 84.1 Å². The van der Waals surface area contributed by atoms with E-state index < -0.39 is 0 Å². The Morgan fingerprint density at radius 1 is 1.57 bits per heavy atom. The van der Waals surface area contributed by atoms with Crippen molar-refractivity contribution in [3.63, 3.8) is 0 Å². The van der Waals surface area contributed by atoms with Crippen LogP contribution in [0.1, 0.15) is 18.9 Å². The molecule has 0 saturated carbocycles. The zero-order valence-corrected chi connectivity index (χ0v) is 8.67. The number of nitrogens with zero attached hydrogens (tertiary/aromatic N) is 2. The molecular weight excluding hydrogens is 176 g/mol. The Morgan fingerprint density at radius 2 is 2.43 bits per heavy atom. The summed E-state index contributed by atoms with van der Waals surface area (Å²) in [5.41, 5.74) is 1.26. The van der Waals surface area contributed by atoms with Crippen molar-refractivity contribution in [2.24, 2.45) is 0 Å². The van der Waals surface area contributed by atoms with E-state index in [0.29, 0.717) is 0 Å². The molecule has 4 nitrogen and oxygen atoms in total. The van der Waals surface area contributed by atoms with Crippen molar-refractivity contribution in [3.05, 3.63) is 17.8 Å². The summed E-state index contributed by atoms with van der Waals surface area (Å²) in [6, 6.07) is 2.02. The fourth-order valence-electron chi connectivity index (χ4n) is 1.76. The van der Waals surface area contributed by atoms with Gasteiger partial charge in [-0.3, -0.25) is 0 Å². The van der Waals surface area contributed by atoms with Gasteiger partial charge in [0.2, 0.25) is 0 Å². The van der Waals surface area contributed by atoms with E-state index in [9.17, 15) is 0 Å². The summed E-state index contributed by atoms with van der Waals surface area (Å²) in [7, 11) is 0. The van der Waals surface area contributed by atoms with Crippen LogP contribution in [0.2, 0.25) is 0 Å². The van der Waals surface area contributed by atoms with Crippen LogP contribution in [-0.4, -0.2) is 28.8 Å². The molecule has 0 amide bonds. The second kappa shape index (κ2) is 3.53. The van der Waals surface area contributed by atoms with Crippen LogP contribution in [-0.2, 0) is 0 Å². The number of aryl methyl sites for hydroxylation is 1. The van der Waals surface area contributed by atoms with Gasteiger partial charge in [-0.1, -0.05) is 0 Å². The average molecular weight is 192 g/mol. The predicted molar refractivity (Wildman–Crippen MR) is 56.3 cm³/mol. The number of nitrogens with one attached hydrogen (secondary N) is 2. The second-order valence-electron chi connectivity index (χ2n) is 4.23. The van der Waals surface area contributed by atoms with E-state index in [0.717, 1.165) is 30.9 Å². The van der Waals surface area contributed by atoms with Gasteiger partial charge in [0.05, 0.1) is 6.20 Å². The average Bonchev–Trinajstić information content (AvgIpc) is 2.51. The Bertz CT molecular complexity index is 318. The van der Waals surface area contributed by atoms with Crippen molar-refractivity contribution in [3.8, 4) is 0 Å². The van der Waals surface area contributed by atoms with Gasteiger partial charge in [-0.2, -0.15) is 5.10 Å². The molecule has 14 heavy (non-hydrogen) atoms. The Kier molecular flexibility index (Phi) is 2.37. The Hall–Kier alpha value is -1.16. The molecule has 1 aromatic heterocycles. The zero-order valence-electron chi connectivity index (χ0n) is 8.67. The number of anilines is 1. The molecule has 1 aliphatic heterocycles. The van der Waals surface area contributed by atoms with Crippen molar-refractivity contribution in [1.82, 2.24) is 15.5 Å². The SMILES string of the molecule is Cc1cnnc(NC2(C)CCNC2)c1. The monoisotopic (exact) mass is 192 g/mol. The van der Waals surface area contributed by atoms with Gasteiger partial charge in [0.25, 0.3) is 0 Å². The minimum absolute atomic E-state index is 0.127. The quantitative estimate of drug-likeness (QED) is 0.732. The fourth-order valence-corrected chi connectivity index (χ4v) is 1.76. The first-order chi connectivity index (χ1) is 6.68. The molecule has 0 spiro atoms. The summed E-state index contributed by atoms with van der Waals surface area (Å²) in [5, 5.41) is 14.7. The zero-order chi connectivity index (χ0) is 10.0. The third kappa shape index (κ3) is 2.01. The van der Waals surface area contributed by atoms with Gasteiger partial charge in [-0.25, -0.2) is 0 Å². The molecule has 1 atom stereocenters. The van der Waals surface area contributed by atoms with Gasteiger partial charge >= 0.3 is 0 Å². The maximum atomic E-state index is 4.06. The number of hydrogen-bond donors (Lipinski definition) is 2. The molecule has 0 bridgehead atoms. The molecule has 4 heteroatoms. The minimum Gasteiger partial charge on any atom is -0.362 e. The van der Waals surface area contributed by atoms with Gasteiger partial charge in [-0.05, 0) is 38.4 Å². The highest BCUT2D eigenvalue weighted by atomic mass is 15.2. The molecule has 1 aliphatic rings. The second-order valence-corrected chi connectivity index (χ2v) is 4.23. The molecule has 1 unspecified atom stereocenters. The van der Waals surface area contributed by atoms with Crippen molar-refractivity contribution in [1.29, 1.82) is 0 Å². The van der Waals surface area contributed by atoms with Crippen LogP contribution >= 0.6 is 0 Å². The summed E-state index contributed by atoms with van der Waals surface area (Å²) in [5.74, 6) is 0.871. The van der Waals surface area contributed by atoms with Crippen LogP contribution in [0.4, 0.5) is 5.82 Å². The van der Waals surface area contributed by atoms with E-state index in [4.69, 9.17) is 0 Å². The molecule has 76 valence electrons. The molecule has 2 N–H and O–H groups in total. The lowest BCUT2D eigenvalue weighted by Gasteiger charge is -2.24. The number of hydrogen-bond acceptors (Lipinski definition) is 4. The van der Waals surface area contributed by atoms with E-state index in [1.54, 1.807) is 6.20 Å². The molecule has 2 rings (SSSR count). The Balaban J connectivity index is 2.10. The fraction of sp³-hybridized carbons (Fsp3) is 0.600.